The molecule has 1 aliphatic rings. The van der Waals surface area contributed by atoms with E-state index in [0.29, 0.717) is 22.6 Å². The molecule has 0 aliphatic carbocycles. The van der Waals surface area contributed by atoms with Crippen molar-refractivity contribution in [1.82, 2.24) is 24.5 Å². The van der Waals surface area contributed by atoms with Crippen LogP contribution in [0.5, 0.6) is 0 Å². The summed E-state index contributed by atoms with van der Waals surface area (Å²) >= 11 is 1.39. The van der Waals surface area contributed by atoms with Gasteiger partial charge in [-0.05, 0) is 38.7 Å². The normalized spacial score (nSPS) is 18.9. The predicted molar refractivity (Wildman–Crippen MR) is 86.0 cm³/mol. The van der Waals surface area contributed by atoms with Crippen LogP contribution in [0.1, 0.15) is 31.2 Å². The highest BCUT2D eigenvalue weighted by atomic mass is 32.2. The molecule has 2 aromatic rings. The van der Waals surface area contributed by atoms with Gasteiger partial charge in [-0.2, -0.15) is 4.98 Å². The van der Waals surface area contributed by atoms with Crippen molar-refractivity contribution in [2.45, 2.75) is 38.8 Å². The lowest BCUT2D eigenvalue weighted by Crippen LogP contribution is -2.40. The second kappa shape index (κ2) is 6.24. The molecule has 0 saturated carbocycles. The van der Waals surface area contributed by atoms with E-state index in [4.69, 9.17) is 0 Å². The fourth-order valence-electron chi connectivity index (χ4n) is 2.84. The Labute approximate surface area is 134 Å². The largest absolute Gasteiger partial charge is 0.342 e. The molecule has 0 bridgehead atoms. The minimum atomic E-state index is 0.177. The average molecular weight is 319 g/mol. The van der Waals surface area contributed by atoms with Gasteiger partial charge in [-0.25, -0.2) is 9.50 Å². The van der Waals surface area contributed by atoms with Crippen LogP contribution in [-0.2, 0) is 4.79 Å². The highest BCUT2D eigenvalue weighted by Crippen LogP contribution is 2.19. The summed E-state index contributed by atoms with van der Waals surface area (Å²) in [5.41, 5.74) is 1.92. The van der Waals surface area contributed by atoms with E-state index in [1.807, 2.05) is 24.8 Å². The summed E-state index contributed by atoms with van der Waals surface area (Å²) < 4.78 is 1.72. The van der Waals surface area contributed by atoms with Gasteiger partial charge in [0.1, 0.15) is 0 Å². The van der Waals surface area contributed by atoms with E-state index in [0.717, 1.165) is 30.9 Å². The van der Waals surface area contributed by atoms with E-state index in [9.17, 15) is 4.79 Å². The molecule has 0 N–H and O–H groups in total. The number of hydrogen-bond donors (Lipinski definition) is 0. The van der Waals surface area contributed by atoms with Crippen LogP contribution in [0.25, 0.3) is 5.78 Å². The summed E-state index contributed by atoms with van der Waals surface area (Å²) in [4.78, 5) is 23.0. The maximum atomic E-state index is 12.3. The molecule has 1 aliphatic heterocycles. The van der Waals surface area contributed by atoms with Crippen molar-refractivity contribution in [1.29, 1.82) is 0 Å². The molecule has 3 heterocycles. The number of likely N-dealkylation sites (tertiary alicyclic amines) is 1. The van der Waals surface area contributed by atoms with Gasteiger partial charge in [-0.3, -0.25) is 4.79 Å². The highest BCUT2D eigenvalue weighted by molar-refractivity contribution is 7.99. The first-order valence-corrected chi connectivity index (χ1v) is 8.63. The van der Waals surface area contributed by atoms with Crippen molar-refractivity contribution in [3.05, 3.63) is 17.5 Å². The molecular weight excluding hydrogens is 298 g/mol. The first kappa shape index (κ1) is 15.3. The zero-order valence-corrected chi connectivity index (χ0v) is 14.1. The molecule has 0 radical (unpaired) electrons. The minimum Gasteiger partial charge on any atom is -0.342 e. The summed E-state index contributed by atoms with van der Waals surface area (Å²) in [7, 11) is 0. The molecule has 6 nitrogen and oxygen atoms in total. The van der Waals surface area contributed by atoms with Gasteiger partial charge in [0.25, 0.3) is 5.78 Å². The molecule has 22 heavy (non-hydrogen) atoms. The second-order valence-electron chi connectivity index (χ2n) is 6.02. The Bertz CT molecular complexity index is 699. The summed E-state index contributed by atoms with van der Waals surface area (Å²) in [5, 5.41) is 5.03. The summed E-state index contributed by atoms with van der Waals surface area (Å²) in [6.07, 6.45) is 2.32. The Hall–Kier alpha value is -1.63. The number of nitrogens with zero attached hydrogens (tertiary/aromatic N) is 5. The number of hydrogen-bond acceptors (Lipinski definition) is 5. The van der Waals surface area contributed by atoms with Gasteiger partial charge in [-0.15, -0.1) is 5.10 Å². The van der Waals surface area contributed by atoms with Crippen molar-refractivity contribution in [2.75, 3.05) is 18.8 Å². The molecule has 1 atom stereocenters. The van der Waals surface area contributed by atoms with Gasteiger partial charge in [0.2, 0.25) is 11.1 Å². The smallest absolute Gasteiger partial charge is 0.253 e. The summed E-state index contributed by atoms with van der Waals surface area (Å²) in [6.45, 7) is 7.87. The van der Waals surface area contributed by atoms with Gasteiger partial charge in [-0.1, -0.05) is 18.7 Å². The van der Waals surface area contributed by atoms with Crippen molar-refractivity contribution >= 4 is 23.4 Å². The van der Waals surface area contributed by atoms with Crippen LogP contribution in [0, 0.1) is 19.8 Å². The third kappa shape index (κ3) is 3.24. The maximum absolute atomic E-state index is 12.3. The molecule has 2 aromatic heterocycles. The first-order valence-electron chi connectivity index (χ1n) is 7.64. The number of amides is 1. The van der Waals surface area contributed by atoms with Crippen LogP contribution < -0.4 is 0 Å². The third-order valence-corrected chi connectivity index (χ3v) is 4.76. The van der Waals surface area contributed by atoms with Crippen LogP contribution in [0.4, 0.5) is 0 Å². The highest BCUT2D eigenvalue weighted by Gasteiger charge is 2.21. The first-order chi connectivity index (χ1) is 10.5. The number of rotatable bonds is 3. The Morgan fingerprint density at radius 3 is 3.00 bits per heavy atom. The zero-order chi connectivity index (χ0) is 15.7. The van der Waals surface area contributed by atoms with Gasteiger partial charge >= 0.3 is 0 Å². The third-order valence-electron chi connectivity index (χ3n) is 3.93. The monoisotopic (exact) mass is 319 g/mol. The average Bonchev–Trinajstić information content (AvgIpc) is 2.88. The van der Waals surface area contributed by atoms with Crippen LogP contribution in [-0.4, -0.2) is 49.2 Å². The standard InChI is InChI=1S/C15H21N5OS/c1-10-5-4-6-19(8-10)13(21)9-22-15-17-14-16-11(2)7-12(3)20(14)18-15/h7,10H,4-6,8-9H2,1-3H3/t10-/m0/s1. The Morgan fingerprint density at radius 2 is 2.23 bits per heavy atom. The lowest BCUT2D eigenvalue weighted by Gasteiger charge is -2.30. The topological polar surface area (TPSA) is 63.4 Å². The molecule has 0 spiro atoms. The van der Waals surface area contributed by atoms with Gasteiger partial charge < -0.3 is 4.90 Å². The van der Waals surface area contributed by atoms with Crippen LogP contribution in [0.15, 0.2) is 11.2 Å². The van der Waals surface area contributed by atoms with E-state index >= 15 is 0 Å². The molecule has 1 saturated heterocycles. The lowest BCUT2D eigenvalue weighted by molar-refractivity contribution is -0.130. The quantitative estimate of drug-likeness (QED) is 0.811. The van der Waals surface area contributed by atoms with Crippen molar-refractivity contribution in [3.63, 3.8) is 0 Å². The Kier molecular flexibility index (Phi) is 4.33. The zero-order valence-electron chi connectivity index (χ0n) is 13.2. The molecule has 0 unspecified atom stereocenters. The SMILES string of the molecule is Cc1cc(C)n2nc(SCC(=O)N3CCC[C@H](C)C3)nc2n1. The molecule has 3 rings (SSSR count). The number of thioether (sulfide) groups is 1. The lowest BCUT2D eigenvalue weighted by atomic mass is 10.0. The van der Waals surface area contributed by atoms with Crippen LogP contribution in [0.3, 0.4) is 0 Å². The predicted octanol–water partition coefficient (Wildman–Crippen LogP) is 2.09. The van der Waals surface area contributed by atoms with Gasteiger partial charge in [0.05, 0.1) is 5.75 Å². The number of carbonyl (C=O) groups is 1. The number of aryl methyl sites for hydroxylation is 2. The van der Waals surface area contributed by atoms with E-state index in [1.54, 1.807) is 4.52 Å². The number of aromatic nitrogens is 4. The van der Waals surface area contributed by atoms with E-state index in [1.165, 1.54) is 18.2 Å². The van der Waals surface area contributed by atoms with Crippen molar-refractivity contribution < 1.29 is 4.79 Å². The number of fused-ring (bicyclic) bond motifs is 1. The molecular formula is C15H21N5OS. The van der Waals surface area contributed by atoms with Crippen LogP contribution >= 0.6 is 11.8 Å². The Morgan fingerprint density at radius 1 is 1.41 bits per heavy atom. The molecule has 1 amide bonds. The van der Waals surface area contributed by atoms with E-state index in [2.05, 4.69) is 22.0 Å². The van der Waals surface area contributed by atoms with Crippen molar-refractivity contribution in [3.8, 4) is 0 Å². The van der Waals surface area contributed by atoms with Gasteiger partial charge in [0, 0.05) is 24.5 Å². The van der Waals surface area contributed by atoms with E-state index in [-0.39, 0.29) is 5.91 Å². The molecule has 118 valence electrons. The number of carbonyl (C=O) groups excluding carboxylic acids is 1. The summed E-state index contributed by atoms with van der Waals surface area (Å²) in [6, 6.07) is 1.97. The Balaban J connectivity index is 1.66. The molecule has 0 aromatic carbocycles. The molecule has 1 fully saturated rings. The van der Waals surface area contributed by atoms with Crippen LogP contribution in [0.2, 0.25) is 0 Å². The number of piperidine rings is 1. The minimum absolute atomic E-state index is 0.177. The van der Waals surface area contributed by atoms with E-state index < -0.39 is 0 Å². The summed E-state index contributed by atoms with van der Waals surface area (Å²) in [5.74, 6) is 1.77. The van der Waals surface area contributed by atoms with Crippen molar-refractivity contribution in [2.24, 2.45) is 5.92 Å². The second-order valence-corrected chi connectivity index (χ2v) is 6.96. The maximum Gasteiger partial charge on any atom is 0.253 e. The van der Waals surface area contributed by atoms with Gasteiger partial charge in [0.15, 0.2) is 0 Å². The fraction of sp³-hybridized carbons (Fsp3) is 0.600. The molecule has 7 heteroatoms. The fourth-order valence-corrected chi connectivity index (χ4v) is 3.56.